The molecule has 1 amide bonds. The predicted octanol–water partition coefficient (Wildman–Crippen LogP) is 5.60. The number of ketones is 1. The largest absolute Gasteiger partial charge is 0.507 e. The maximum Gasteiger partial charge on any atom is 0.295 e. The average molecular weight is 519 g/mol. The Labute approximate surface area is 222 Å². The molecule has 0 bridgehead atoms. The molecule has 0 spiro atoms. The van der Waals surface area contributed by atoms with Crippen molar-refractivity contribution >= 4 is 29.1 Å². The van der Waals surface area contributed by atoms with E-state index in [1.54, 1.807) is 53.4 Å². The van der Waals surface area contributed by atoms with Crippen LogP contribution in [-0.4, -0.2) is 53.8 Å². The standard InChI is InChI=1S/C30H31ClN2O4/c1-20-6-4-7-21(18-20)19-37-25-14-10-23(11-15-25)28(34)26-27(22-8-12-24(31)13-9-22)33(30(36)29(26)35)17-5-16-32(2)3/h4,6-15,18,27,34H,5,16-17,19H2,1-3H3. The lowest BCUT2D eigenvalue weighted by molar-refractivity contribution is -0.139. The molecule has 3 aromatic carbocycles. The summed E-state index contributed by atoms with van der Waals surface area (Å²) in [4.78, 5) is 29.8. The van der Waals surface area contributed by atoms with Crippen molar-refractivity contribution in [1.82, 2.24) is 9.80 Å². The van der Waals surface area contributed by atoms with E-state index in [4.69, 9.17) is 16.3 Å². The van der Waals surface area contributed by atoms with Gasteiger partial charge in [-0.05, 0) is 81.5 Å². The molecule has 1 unspecified atom stereocenters. The zero-order chi connectivity index (χ0) is 26.5. The third-order valence-electron chi connectivity index (χ3n) is 6.35. The van der Waals surface area contributed by atoms with E-state index < -0.39 is 17.7 Å². The summed E-state index contributed by atoms with van der Waals surface area (Å²) in [6.07, 6.45) is 0.692. The van der Waals surface area contributed by atoms with E-state index in [1.165, 1.54) is 0 Å². The monoisotopic (exact) mass is 518 g/mol. The van der Waals surface area contributed by atoms with Gasteiger partial charge < -0.3 is 19.6 Å². The number of ether oxygens (including phenoxy) is 1. The van der Waals surface area contributed by atoms with E-state index in [-0.39, 0.29) is 11.3 Å². The lowest BCUT2D eigenvalue weighted by atomic mass is 9.95. The highest BCUT2D eigenvalue weighted by Gasteiger charge is 2.45. The van der Waals surface area contributed by atoms with E-state index in [0.29, 0.717) is 41.5 Å². The highest BCUT2D eigenvalue weighted by molar-refractivity contribution is 6.46. The minimum absolute atomic E-state index is 0.0746. The first-order valence-corrected chi connectivity index (χ1v) is 12.6. The van der Waals surface area contributed by atoms with Crippen LogP contribution in [0.2, 0.25) is 5.02 Å². The molecule has 192 valence electrons. The Balaban J connectivity index is 1.62. The van der Waals surface area contributed by atoms with Crippen LogP contribution in [0.1, 0.15) is 34.7 Å². The van der Waals surface area contributed by atoms with Crippen molar-refractivity contribution in [2.24, 2.45) is 0 Å². The number of benzene rings is 3. The summed E-state index contributed by atoms with van der Waals surface area (Å²) in [5.41, 5.74) is 3.45. The summed E-state index contributed by atoms with van der Waals surface area (Å²) in [5.74, 6) is -0.879. The molecule has 6 nitrogen and oxygen atoms in total. The summed E-state index contributed by atoms with van der Waals surface area (Å²) in [7, 11) is 3.91. The van der Waals surface area contributed by atoms with Crippen LogP contribution in [0, 0.1) is 6.92 Å². The van der Waals surface area contributed by atoms with Gasteiger partial charge >= 0.3 is 0 Å². The number of amides is 1. The number of hydrogen-bond acceptors (Lipinski definition) is 5. The number of aliphatic hydroxyl groups is 1. The van der Waals surface area contributed by atoms with Gasteiger partial charge in [0.25, 0.3) is 11.7 Å². The average Bonchev–Trinajstić information content (AvgIpc) is 3.13. The first-order valence-electron chi connectivity index (χ1n) is 12.2. The number of carbonyl (C=O) groups excluding carboxylic acids is 2. The molecule has 1 atom stereocenters. The second-order valence-electron chi connectivity index (χ2n) is 9.50. The molecule has 1 aliphatic heterocycles. The fourth-order valence-electron chi connectivity index (χ4n) is 4.49. The van der Waals surface area contributed by atoms with Gasteiger partial charge in [0.1, 0.15) is 18.1 Å². The molecular weight excluding hydrogens is 488 g/mol. The van der Waals surface area contributed by atoms with E-state index in [1.807, 2.05) is 44.1 Å². The van der Waals surface area contributed by atoms with Crippen molar-refractivity contribution in [3.8, 4) is 5.75 Å². The number of likely N-dealkylation sites (tertiary alicyclic amines) is 1. The molecule has 7 heteroatoms. The van der Waals surface area contributed by atoms with Crippen LogP contribution >= 0.6 is 11.6 Å². The van der Waals surface area contributed by atoms with E-state index in [2.05, 4.69) is 6.07 Å². The Morgan fingerprint density at radius 2 is 1.73 bits per heavy atom. The van der Waals surface area contributed by atoms with Gasteiger partial charge in [-0.25, -0.2) is 0 Å². The first kappa shape index (κ1) is 26.5. The SMILES string of the molecule is Cc1cccc(COc2ccc(C(O)=C3C(=O)C(=O)N(CCCN(C)C)C3c3ccc(Cl)cc3)cc2)c1. The second kappa shape index (κ2) is 11.6. The Morgan fingerprint density at radius 1 is 1.03 bits per heavy atom. The molecule has 1 fully saturated rings. The molecule has 0 aromatic heterocycles. The number of carbonyl (C=O) groups is 2. The van der Waals surface area contributed by atoms with Gasteiger partial charge in [0.05, 0.1) is 11.6 Å². The van der Waals surface area contributed by atoms with Crippen molar-refractivity contribution in [2.45, 2.75) is 26.0 Å². The van der Waals surface area contributed by atoms with E-state index in [0.717, 1.165) is 17.7 Å². The lowest BCUT2D eigenvalue weighted by Gasteiger charge is -2.26. The maximum absolute atomic E-state index is 13.2. The summed E-state index contributed by atoms with van der Waals surface area (Å²) in [6, 6.07) is 21.3. The number of hydrogen-bond donors (Lipinski definition) is 1. The number of Topliss-reactive ketones (excluding diaryl/α,β-unsaturated/α-hetero) is 1. The third kappa shape index (κ3) is 6.21. The maximum atomic E-state index is 13.2. The lowest BCUT2D eigenvalue weighted by Crippen LogP contribution is -2.32. The first-order chi connectivity index (χ1) is 17.7. The van der Waals surface area contributed by atoms with Crippen molar-refractivity contribution in [3.63, 3.8) is 0 Å². The van der Waals surface area contributed by atoms with Gasteiger partial charge in [-0.15, -0.1) is 0 Å². The van der Waals surface area contributed by atoms with Crippen LogP contribution in [0.15, 0.2) is 78.4 Å². The zero-order valence-electron chi connectivity index (χ0n) is 21.3. The Bertz CT molecular complexity index is 1300. The van der Waals surface area contributed by atoms with Crippen LogP contribution in [0.25, 0.3) is 5.76 Å². The summed E-state index contributed by atoms with van der Waals surface area (Å²) in [6.45, 7) is 3.60. The number of halogens is 1. The van der Waals surface area contributed by atoms with Gasteiger partial charge in [-0.1, -0.05) is 53.6 Å². The minimum Gasteiger partial charge on any atom is -0.507 e. The third-order valence-corrected chi connectivity index (χ3v) is 6.60. The fraction of sp³-hybridized carbons (Fsp3) is 0.267. The highest BCUT2D eigenvalue weighted by Crippen LogP contribution is 2.40. The minimum atomic E-state index is -0.698. The molecule has 0 saturated carbocycles. The molecule has 1 N–H and O–H groups in total. The Hall–Kier alpha value is -3.61. The van der Waals surface area contributed by atoms with Gasteiger partial charge in [0, 0.05) is 17.1 Å². The van der Waals surface area contributed by atoms with Crippen LogP contribution in [0.4, 0.5) is 0 Å². The molecule has 1 heterocycles. The predicted molar refractivity (Wildman–Crippen MR) is 146 cm³/mol. The number of rotatable bonds is 9. The molecule has 1 aliphatic rings. The summed E-state index contributed by atoms with van der Waals surface area (Å²) < 4.78 is 5.88. The molecular formula is C30H31ClN2O4. The molecule has 1 saturated heterocycles. The fourth-order valence-corrected chi connectivity index (χ4v) is 4.62. The number of aliphatic hydroxyl groups excluding tert-OH is 1. The van der Waals surface area contributed by atoms with Crippen molar-refractivity contribution in [2.75, 3.05) is 27.2 Å². The van der Waals surface area contributed by atoms with Gasteiger partial charge in [-0.3, -0.25) is 9.59 Å². The summed E-state index contributed by atoms with van der Waals surface area (Å²) in [5, 5.41) is 11.8. The van der Waals surface area contributed by atoms with Gasteiger partial charge in [0.15, 0.2) is 0 Å². The Morgan fingerprint density at radius 3 is 2.38 bits per heavy atom. The van der Waals surface area contributed by atoms with Gasteiger partial charge in [0.2, 0.25) is 0 Å². The van der Waals surface area contributed by atoms with Crippen LogP contribution in [-0.2, 0) is 16.2 Å². The van der Waals surface area contributed by atoms with E-state index >= 15 is 0 Å². The van der Waals surface area contributed by atoms with Gasteiger partial charge in [-0.2, -0.15) is 0 Å². The quantitative estimate of drug-likeness (QED) is 0.227. The van der Waals surface area contributed by atoms with Crippen LogP contribution < -0.4 is 4.74 Å². The molecule has 0 radical (unpaired) electrons. The Kier molecular flexibility index (Phi) is 8.31. The van der Waals surface area contributed by atoms with Crippen LogP contribution in [0.3, 0.4) is 0 Å². The topological polar surface area (TPSA) is 70.1 Å². The van der Waals surface area contributed by atoms with Crippen molar-refractivity contribution in [1.29, 1.82) is 0 Å². The molecule has 3 aromatic rings. The van der Waals surface area contributed by atoms with E-state index in [9.17, 15) is 14.7 Å². The van der Waals surface area contributed by atoms with Crippen molar-refractivity contribution in [3.05, 3.63) is 106 Å². The summed E-state index contributed by atoms with van der Waals surface area (Å²) >= 11 is 6.09. The van der Waals surface area contributed by atoms with Crippen molar-refractivity contribution < 1.29 is 19.4 Å². The highest BCUT2D eigenvalue weighted by atomic mass is 35.5. The smallest absolute Gasteiger partial charge is 0.295 e. The van der Waals surface area contributed by atoms with Crippen LogP contribution in [0.5, 0.6) is 5.75 Å². The molecule has 37 heavy (non-hydrogen) atoms. The second-order valence-corrected chi connectivity index (χ2v) is 9.94. The number of aryl methyl sites for hydroxylation is 1. The molecule has 0 aliphatic carbocycles. The number of nitrogens with zero attached hydrogens (tertiary/aromatic N) is 2. The zero-order valence-corrected chi connectivity index (χ0v) is 22.0. The molecule has 4 rings (SSSR count). The normalized spacial score (nSPS) is 17.0.